The standard InChI is InChI=1S/C13H15FN4/c1-18(9-8-15)13-7-6-12(16-17-13)10-2-4-11(14)5-3-10/h2-7H,8-9,15H2,1H3. The van der Waals surface area contributed by atoms with Crippen LogP contribution in [-0.4, -0.2) is 30.3 Å². The normalized spacial score (nSPS) is 10.4. The van der Waals surface area contributed by atoms with E-state index in [0.717, 1.165) is 23.6 Å². The van der Waals surface area contributed by atoms with Gasteiger partial charge in [0.05, 0.1) is 5.69 Å². The highest BCUT2D eigenvalue weighted by Crippen LogP contribution is 2.18. The first kappa shape index (κ1) is 12.4. The average molecular weight is 246 g/mol. The summed E-state index contributed by atoms with van der Waals surface area (Å²) < 4.78 is 12.8. The first-order valence-corrected chi connectivity index (χ1v) is 5.71. The van der Waals surface area contributed by atoms with Gasteiger partial charge in [-0.05, 0) is 36.4 Å². The minimum Gasteiger partial charge on any atom is -0.357 e. The van der Waals surface area contributed by atoms with Crippen molar-refractivity contribution >= 4 is 5.82 Å². The molecule has 0 amide bonds. The SMILES string of the molecule is CN(CCN)c1ccc(-c2ccc(F)cc2)nn1. The molecule has 18 heavy (non-hydrogen) atoms. The van der Waals surface area contributed by atoms with E-state index in [1.165, 1.54) is 12.1 Å². The summed E-state index contributed by atoms with van der Waals surface area (Å²) in [7, 11) is 1.91. The Labute approximate surface area is 105 Å². The number of likely N-dealkylation sites (N-methyl/N-ethyl adjacent to an activating group) is 1. The number of aromatic nitrogens is 2. The number of anilines is 1. The molecule has 0 aliphatic rings. The summed E-state index contributed by atoms with van der Waals surface area (Å²) >= 11 is 0. The Kier molecular flexibility index (Phi) is 3.84. The van der Waals surface area contributed by atoms with Crippen LogP contribution in [0.1, 0.15) is 0 Å². The van der Waals surface area contributed by atoms with E-state index in [1.54, 1.807) is 12.1 Å². The smallest absolute Gasteiger partial charge is 0.151 e. The fourth-order valence-electron chi connectivity index (χ4n) is 1.61. The van der Waals surface area contributed by atoms with Crippen LogP contribution in [0.25, 0.3) is 11.3 Å². The lowest BCUT2D eigenvalue weighted by Crippen LogP contribution is -2.25. The predicted molar refractivity (Wildman–Crippen MR) is 69.8 cm³/mol. The Morgan fingerprint density at radius 3 is 2.39 bits per heavy atom. The van der Waals surface area contributed by atoms with Gasteiger partial charge >= 0.3 is 0 Å². The van der Waals surface area contributed by atoms with Crippen molar-refractivity contribution in [3.63, 3.8) is 0 Å². The molecule has 0 radical (unpaired) electrons. The van der Waals surface area contributed by atoms with Gasteiger partial charge in [-0.3, -0.25) is 0 Å². The molecule has 0 aliphatic carbocycles. The van der Waals surface area contributed by atoms with Gasteiger partial charge in [-0.15, -0.1) is 10.2 Å². The number of hydrogen-bond acceptors (Lipinski definition) is 4. The topological polar surface area (TPSA) is 55.0 Å². The maximum absolute atomic E-state index is 12.8. The van der Waals surface area contributed by atoms with Crippen molar-refractivity contribution in [2.45, 2.75) is 0 Å². The molecule has 0 saturated carbocycles. The molecule has 1 aromatic carbocycles. The van der Waals surface area contributed by atoms with Crippen molar-refractivity contribution in [1.29, 1.82) is 0 Å². The molecule has 1 aromatic heterocycles. The molecule has 0 bridgehead atoms. The first-order valence-electron chi connectivity index (χ1n) is 5.71. The van der Waals surface area contributed by atoms with E-state index in [1.807, 2.05) is 24.1 Å². The highest BCUT2D eigenvalue weighted by atomic mass is 19.1. The second-order valence-electron chi connectivity index (χ2n) is 3.99. The molecule has 2 rings (SSSR count). The molecule has 94 valence electrons. The van der Waals surface area contributed by atoms with Gasteiger partial charge < -0.3 is 10.6 Å². The molecule has 4 nitrogen and oxygen atoms in total. The van der Waals surface area contributed by atoms with Crippen LogP contribution < -0.4 is 10.6 Å². The second-order valence-corrected chi connectivity index (χ2v) is 3.99. The highest BCUT2D eigenvalue weighted by molar-refractivity contribution is 5.59. The van der Waals surface area contributed by atoms with Crippen molar-refractivity contribution in [2.75, 3.05) is 25.0 Å². The lowest BCUT2D eigenvalue weighted by molar-refractivity contribution is 0.628. The van der Waals surface area contributed by atoms with E-state index in [2.05, 4.69) is 10.2 Å². The monoisotopic (exact) mass is 246 g/mol. The van der Waals surface area contributed by atoms with E-state index in [9.17, 15) is 4.39 Å². The largest absolute Gasteiger partial charge is 0.357 e. The van der Waals surface area contributed by atoms with Crippen LogP contribution in [0.2, 0.25) is 0 Å². The number of nitrogens with zero attached hydrogens (tertiary/aromatic N) is 3. The van der Waals surface area contributed by atoms with E-state index in [0.29, 0.717) is 6.54 Å². The van der Waals surface area contributed by atoms with Gasteiger partial charge in [0.15, 0.2) is 5.82 Å². The van der Waals surface area contributed by atoms with Crippen molar-refractivity contribution in [3.8, 4) is 11.3 Å². The van der Waals surface area contributed by atoms with Gasteiger partial charge in [-0.1, -0.05) is 0 Å². The molecular weight excluding hydrogens is 231 g/mol. The zero-order valence-electron chi connectivity index (χ0n) is 10.2. The lowest BCUT2D eigenvalue weighted by atomic mass is 10.1. The molecular formula is C13H15FN4. The molecule has 1 heterocycles. The molecule has 0 saturated heterocycles. The molecule has 0 fully saturated rings. The van der Waals surface area contributed by atoms with Crippen molar-refractivity contribution in [2.24, 2.45) is 5.73 Å². The molecule has 0 aliphatic heterocycles. The zero-order valence-corrected chi connectivity index (χ0v) is 10.2. The summed E-state index contributed by atoms with van der Waals surface area (Å²) in [5.74, 6) is 0.511. The number of benzene rings is 1. The van der Waals surface area contributed by atoms with Crippen LogP contribution in [0.3, 0.4) is 0 Å². The van der Waals surface area contributed by atoms with Gasteiger partial charge in [0.2, 0.25) is 0 Å². The molecule has 0 atom stereocenters. The van der Waals surface area contributed by atoms with Crippen molar-refractivity contribution in [1.82, 2.24) is 10.2 Å². The number of rotatable bonds is 4. The van der Waals surface area contributed by atoms with Gasteiger partial charge in [-0.2, -0.15) is 0 Å². The van der Waals surface area contributed by atoms with E-state index in [4.69, 9.17) is 5.73 Å². The minimum atomic E-state index is -0.258. The average Bonchev–Trinajstić information content (AvgIpc) is 2.40. The first-order chi connectivity index (χ1) is 8.70. The van der Waals surface area contributed by atoms with Crippen molar-refractivity contribution in [3.05, 3.63) is 42.2 Å². The Hall–Kier alpha value is -2.01. The van der Waals surface area contributed by atoms with Gasteiger partial charge in [0.25, 0.3) is 0 Å². The predicted octanol–water partition coefficient (Wildman–Crippen LogP) is 1.68. The second kappa shape index (κ2) is 5.55. The number of nitrogens with two attached hydrogens (primary N) is 1. The fourth-order valence-corrected chi connectivity index (χ4v) is 1.61. The summed E-state index contributed by atoms with van der Waals surface area (Å²) in [6.07, 6.45) is 0. The summed E-state index contributed by atoms with van der Waals surface area (Å²) in [5, 5.41) is 8.25. The van der Waals surface area contributed by atoms with E-state index in [-0.39, 0.29) is 5.82 Å². The Bertz CT molecular complexity index is 495. The third kappa shape index (κ3) is 2.81. The van der Waals surface area contributed by atoms with Crippen molar-refractivity contribution < 1.29 is 4.39 Å². The summed E-state index contributed by atoms with van der Waals surface area (Å²) in [6, 6.07) is 9.92. The third-order valence-corrected chi connectivity index (χ3v) is 2.65. The summed E-state index contributed by atoms with van der Waals surface area (Å²) in [4.78, 5) is 1.93. The summed E-state index contributed by atoms with van der Waals surface area (Å²) in [5.41, 5.74) is 7.04. The number of hydrogen-bond donors (Lipinski definition) is 1. The lowest BCUT2D eigenvalue weighted by Gasteiger charge is -2.16. The quantitative estimate of drug-likeness (QED) is 0.891. The third-order valence-electron chi connectivity index (χ3n) is 2.65. The van der Waals surface area contributed by atoms with Crippen LogP contribution in [0.15, 0.2) is 36.4 Å². The molecule has 5 heteroatoms. The van der Waals surface area contributed by atoms with Crippen LogP contribution in [0.4, 0.5) is 10.2 Å². The Morgan fingerprint density at radius 2 is 1.83 bits per heavy atom. The van der Waals surface area contributed by atoms with Gasteiger partial charge in [0.1, 0.15) is 5.82 Å². The fraction of sp³-hybridized carbons (Fsp3) is 0.231. The zero-order chi connectivity index (χ0) is 13.0. The Morgan fingerprint density at radius 1 is 1.11 bits per heavy atom. The number of halogens is 1. The molecule has 0 unspecified atom stereocenters. The van der Waals surface area contributed by atoms with Crippen LogP contribution in [0, 0.1) is 5.82 Å². The highest BCUT2D eigenvalue weighted by Gasteiger charge is 2.04. The van der Waals surface area contributed by atoms with Gasteiger partial charge in [-0.25, -0.2) is 4.39 Å². The van der Waals surface area contributed by atoms with Crippen LogP contribution >= 0.6 is 0 Å². The maximum atomic E-state index is 12.8. The Balaban J connectivity index is 2.19. The van der Waals surface area contributed by atoms with Gasteiger partial charge in [0, 0.05) is 25.7 Å². The van der Waals surface area contributed by atoms with E-state index < -0.39 is 0 Å². The minimum absolute atomic E-state index is 0.258. The van der Waals surface area contributed by atoms with E-state index >= 15 is 0 Å². The van der Waals surface area contributed by atoms with Crippen LogP contribution in [0.5, 0.6) is 0 Å². The maximum Gasteiger partial charge on any atom is 0.151 e. The molecule has 0 spiro atoms. The molecule has 2 aromatic rings. The summed E-state index contributed by atoms with van der Waals surface area (Å²) in [6.45, 7) is 1.29. The van der Waals surface area contributed by atoms with Crippen LogP contribution in [-0.2, 0) is 0 Å². The molecule has 2 N–H and O–H groups in total.